The van der Waals surface area contributed by atoms with Gasteiger partial charge in [0.05, 0.1) is 26.4 Å². The van der Waals surface area contributed by atoms with Gasteiger partial charge in [0.25, 0.3) is 0 Å². The minimum atomic E-state index is -4.99. The highest BCUT2D eigenvalue weighted by Crippen LogP contribution is 2.45. The van der Waals surface area contributed by atoms with E-state index in [-0.39, 0.29) is 25.7 Å². The minimum absolute atomic E-state index is 0.0655. The molecule has 19 heteroatoms. The van der Waals surface area contributed by atoms with Crippen LogP contribution < -0.4 is 0 Å². The number of hydrogen-bond donors (Lipinski definition) is 3. The number of aliphatic hydroxyl groups is 1. The first-order valence-electron chi connectivity index (χ1n) is 40.1. The maximum Gasteiger partial charge on any atom is 0.472 e. The van der Waals surface area contributed by atoms with E-state index in [9.17, 15) is 43.2 Å². The molecular formula is C85H142O17P2. The predicted octanol–water partition coefficient (Wildman–Crippen LogP) is 23.4. The number of aliphatic hydroxyl groups excluding tert-OH is 1. The van der Waals surface area contributed by atoms with Crippen molar-refractivity contribution < 1.29 is 80.2 Å². The highest BCUT2D eigenvalue weighted by atomic mass is 31.2. The number of rotatable bonds is 74. The van der Waals surface area contributed by atoms with Gasteiger partial charge in [-0.3, -0.25) is 37.3 Å². The Morgan fingerprint density at radius 3 is 0.779 bits per heavy atom. The van der Waals surface area contributed by atoms with Crippen LogP contribution in [0.25, 0.3) is 0 Å². The summed E-state index contributed by atoms with van der Waals surface area (Å²) in [5.41, 5.74) is 0. The van der Waals surface area contributed by atoms with Gasteiger partial charge < -0.3 is 33.8 Å². The molecule has 17 nitrogen and oxygen atoms in total. The molecule has 0 fully saturated rings. The number of allylic oxidation sites excluding steroid dienone is 24. The zero-order valence-electron chi connectivity index (χ0n) is 64.9. The highest BCUT2D eigenvalue weighted by molar-refractivity contribution is 7.47. The molecule has 0 aliphatic carbocycles. The fourth-order valence-corrected chi connectivity index (χ4v) is 11.9. The zero-order chi connectivity index (χ0) is 76.0. The first-order valence-corrected chi connectivity index (χ1v) is 43.1. The Kier molecular flexibility index (Phi) is 72.4. The predicted molar refractivity (Wildman–Crippen MR) is 427 cm³/mol. The number of phosphoric ester groups is 2. The van der Waals surface area contributed by atoms with Gasteiger partial charge in [-0.1, -0.05) is 289 Å². The number of carbonyl (C=O) groups excluding carboxylic acids is 4. The third-order valence-electron chi connectivity index (χ3n) is 16.3. The topological polar surface area (TPSA) is 237 Å². The van der Waals surface area contributed by atoms with Crippen molar-refractivity contribution in [1.29, 1.82) is 0 Å². The molecule has 0 spiro atoms. The van der Waals surface area contributed by atoms with Gasteiger partial charge in [0.15, 0.2) is 12.2 Å². The van der Waals surface area contributed by atoms with E-state index in [1.165, 1.54) is 51.4 Å². The van der Waals surface area contributed by atoms with Gasteiger partial charge in [0.2, 0.25) is 0 Å². The summed E-state index contributed by atoms with van der Waals surface area (Å²) in [4.78, 5) is 73.0. The van der Waals surface area contributed by atoms with Crippen LogP contribution in [0.2, 0.25) is 0 Å². The number of phosphoric acid groups is 2. The summed E-state index contributed by atoms with van der Waals surface area (Å²) in [7, 11) is -9.98. The molecule has 0 aliphatic heterocycles. The molecule has 104 heavy (non-hydrogen) atoms. The third kappa shape index (κ3) is 75.2. The summed E-state index contributed by atoms with van der Waals surface area (Å²) in [5.74, 6) is -2.25. The SMILES string of the molecule is CC/C=C\C/C=C\C/C=C\C/C=C\C/C=C\CCCCCC(=O)OCC(COP(=O)(O)OCC(O)COP(=O)(O)OCC(COC(=O)CCCCCC/C=C\C/C=C\C/C=C\C/C=C\CC)OC(=O)CCCCCCC/C=C\C/C=C\C/C=C\CC)OC(=O)CCCCCCCCCCCCCCC. The minimum Gasteiger partial charge on any atom is -0.462 e. The Labute approximate surface area is 630 Å². The van der Waals surface area contributed by atoms with Gasteiger partial charge in [0.1, 0.15) is 19.3 Å². The lowest BCUT2D eigenvalue weighted by atomic mass is 10.0. The average molecular weight is 1500 g/mol. The van der Waals surface area contributed by atoms with E-state index in [1.807, 2.05) is 0 Å². The van der Waals surface area contributed by atoms with Crippen LogP contribution in [0.4, 0.5) is 0 Å². The standard InChI is InChI=1S/C85H142O17P2/c1-5-9-13-17-21-25-29-33-36-38-39-41-44-47-50-54-58-62-66-70-83(88)95-75-80(101-84(89)71-67-63-59-55-51-45-32-28-24-20-16-12-8-4)77-99-103(91,92)97-73-79(86)74-98-104(93,94)100-78-81(102-85(90)72-68-64-60-56-52-48-42-35-31-27-23-19-15-11-7-3)76-96-82(87)69-65-61-57-53-49-46-43-40-37-34-30-26-22-18-14-10-6-2/h9-11,13-15,21-23,25-27,33-37,39,41-43,46-47,50,79-81,86H,5-8,12,16-20,24,28-32,38,40,44-45,48-49,51-78H2,1-4H3,(H,91,92)(H,93,94)/b13-9-,14-10-,15-11-,25-21-,26-22-,27-23-,36-33-,37-34-,41-39-,42-35-,46-43-,50-47-. The van der Waals surface area contributed by atoms with Crippen LogP contribution in [-0.4, -0.2) is 96.7 Å². The largest absolute Gasteiger partial charge is 0.472 e. The molecule has 0 heterocycles. The van der Waals surface area contributed by atoms with Crippen molar-refractivity contribution in [2.75, 3.05) is 39.6 Å². The van der Waals surface area contributed by atoms with Gasteiger partial charge in [-0.25, -0.2) is 9.13 Å². The van der Waals surface area contributed by atoms with Crippen molar-refractivity contribution in [3.8, 4) is 0 Å². The number of unbranched alkanes of at least 4 members (excludes halogenated alkanes) is 24. The van der Waals surface area contributed by atoms with Crippen LogP contribution in [-0.2, 0) is 65.4 Å². The number of ether oxygens (including phenoxy) is 4. The summed E-state index contributed by atoms with van der Waals surface area (Å²) in [6.45, 7) is 4.46. The normalized spacial score (nSPS) is 14.6. The van der Waals surface area contributed by atoms with Crippen LogP contribution in [0.3, 0.4) is 0 Å². The Hall–Kier alpha value is -5.06. The van der Waals surface area contributed by atoms with Crippen LogP contribution in [0.15, 0.2) is 146 Å². The van der Waals surface area contributed by atoms with Gasteiger partial charge in [-0.15, -0.1) is 0 Å². The zero-order valence-corrected chi connectivity index (χ0v) is 66.7. The van der Waals surface area contributed by atoms with Gasteiger partial charge >= 0.3 is 39.5 Å². The van der Waals surface area contributed by atoms with Crippen molar-refractivity contribution in [3.63, 3.8) is 0 Å². The summed E-state index contributed by atoms with van der Waals surface area (Å²) < 4.78 is 68.6. The average Bonchev–Trinajstić information content (AvgIpc) is 0.939. The molecule has 0 aliphatic rings. The van der Waals surface area contributed by atoms with E-state index in [0.29, 0.717) is 25.7 Å². The van der Waals surface area contributed by atoms with E-state index in [4.69, 9.17) is 37.0 Å². The lowest BCUT2D eigenvalue weighted by molar-refractivity contribution is -0.161. The molecule has 0 aromatic carbocycles. The third-order valence-corrected chi connectivity index (χ3v) is 18.2. The van der Waals surface area contributed by atoms with E-state index in [2.05, 4.69) is 174 Å². The highest BCUT2D eigenvalue weighted by Gasteiger charge is 2.30. The molecular weight excluding hydrogens is 1350 g/mol. The fraction of sp³-hybridized carbons (Fsp3) is 0.671. The second-order valence-electron chi connectivity index (χ2n) is 26.2. The van der Waals surface area contributed by atoms with Crippen LogP contribution >= 0.6 is 15.6 Å². The molecule has 3 N–H and O–H groups in total. The summed E-state index contributed by atoms with van der Waals surface area (Å²) in [6, 6.07) is 0. The molecule has 0 aromatic rings. The number of hydrogen-bond acceptors (Lipinski definition) is 15. The van der Waals surface area contributed by atoms with Crippen LogP contribution in [0.1, 0.15) is 310 Å². The first kappa shape index (κ1) is 98.9. The summed E-state index contributed by atoms with van der Waals surface area (Å²) in [6.07, 6.45) is 86.8. The smallest absolute Gasteiger partial charge is 0.462 e. The molecule has 594 valence electrons. The van der Waals surface area contributed by atoms with Crippen LogP contribution in [0, 0.1) is 0 Å². The second kappa shape index (κ2) is 76.1. The van der Waals surface area contributed by atoms with E-state index < -0.39 is 97.5 Å². The molecule has 0 radical (unpaired) electrons. The van der Waals surface area contributed by atoms with Crippen molar-refractivity contribution in [1.82, 2.24) is 0 Å². The summed E-state index contributed by atoms with van der Waals surface area (Å²) >= 11 is 0. The Bertz CT molecular complexity index is 2540. The monoisotopic (exact) mass is 1500 g/mol. The first-order chi connectivity index (χ1) is 50.7. The molecule has 5 unspecified atom stereocenters. The number of esters is 4. The molecule has 0 amide bonds. The Morgan fingerprint density at radius 1 is 0.279 bits per heavy atom. The molecule has 0 bridgehead atoms. The van der Waals surface area contributed by atoms with Crippen molar-refractivity contribution in [2.24, 2.45) is 0 Å². The number of carbonyl (C=O) groups is 4. The van der Waals surface area contributed by atoms with E-state index >= 15 is 0 Å². The van der Waals surface area contributed by atoms with Crippen molar-refractivity contribution in [2.45, 2.75) is 329 Å². The van der Waals surface area contributed by atoms with Gasteiger partial charge in [0, 0.05) is 25.7 Å². The van der Waals surface area contributed by atoms with Gasteiger partial charge in [-0.2, -0.15) is 0 Å². The molecule has 0 rings (SSSR count). The lowest BCUT2D eigenvalue weighted by Crippen LogP contribution is -2.30. The van der Waals surface area contributed by atoms with Crippen molar-refractivity contribution >= 4 is 39.5 Å². The molecule has 0 aromatic heterocycles. The quantitative estimate of drug-likeness (QED) is 0.0169. The van der Waals surface area contributed by atoms with E-state index in [0.717, 1.165) is 180 Å². The Morgan fingerprint density at radius 2 is 0.500 bits per heavy atom. The van der Waals surface area contributed by atoms with Crippen molar-refractivity contribution in [3.05, 3.63) is 146 Å². The molecule has 5 atom stereocenters. The maximum absolute atomic E-state index is 13.1. The molecule has 0 saturated heterocycles. The van der Waals surface area contributed by atoms with Crippen LogP contribution in [0.5, 0.6) is 0 Å². The maximum atomic E-state index is 13.1. The summed E-state index contributed by atoms with van der Waals surface area (Å²) in [5, 5.41) is 10.6. The van der Waals surface area contributed by atoms with Gasteiger partial charge in [-0.05, 0) is 141 Å². The van der Waals surface area contributed by atoms with E-state index in [1.54, 1.807) is 0 Å². The Balaban J connectivity index is 5.41. The second-order valence-corrected chi connectivity index (χ2v) is 29.1. The fourth-order valence-electron chi connectivity index (χ4n) is 10.3. The lowest BCUT2D eigenvalue weighted by Gasteiger charge is -2.21. The molecule has 0 saturated carbocycles.